The van der Waals surface area contributed by atoms with Gasteiger partial charge in [0.25, 0.3) is 21.5 Å². The van der Waals surface area contributed by atoms with E-state index in [0.717, 1.165) is 18.6 Å². The van der Waals surface area contributed by atoms with E-state index in [1.54, 1.807) is 4.90 Å². The Labute approximate surface area is 211 Å². The summed E-state index contributed by atoms with van der Waals surface area (Å²) in [5.74, 6) is -0.849. The molecule has 3 aromatic rings. The molecule has 1 fully saturated rings. The maximum Gasteiger partial charge on any atom is 0.417 e. The number of H-pyrrole nitrogens is 1. The van der Waals surface area contributed by atoms with E-state index in [-0.39, 0.29) is 28.6 Å². The molecule has 0 spiro atoms. The zero-order chi connectivity index (χ0) is 27.2. The Balaban J connectivity index is 1.84. The van der Waals surface area contributed by atoms with Gasteiger partial charge in [0, 0.05) is 23.8 Å². The fourth-order valence-electron chi connectivity index (χ4n) is 4.39. The molecule has 2 aromatic heterocycles. The van der Waals surface area contributed by atoms with E-state index in [1.807, 2.05) is 25.5 Å². The lowest BCUT2D eigenvalue weighted by Gasteiger charge is -2.36. The van der Waals surface area contributed by atoms with Crippen molar-refractivity contribution in [3.05, 3.63) is 76.2 Å². The van der Waals surface area contributed by atoms with Crippen LogP contribution in [0.2, 0.25) is 0 Å². The molecule has 1 atom stereocenters. The molecular weight excluding hydrogens is 509 g/mol. The summed E-state index contributed by atoms with van der Waals surface area (Å²) in [5.41, 5.74) is -2.65. The normalized spacial score (nSPS) is 17.6. The predicted octanol–water partition coefficient (Wildman–Crippen LogP) is 4.20. The first-order chi connectivity index (χ1) is 17.2. The van der Waals surface area contributed by atoms with E-state index < -0.39 is 43.7 Å². The Kier molecular flexibility index (Phi) is 6.65. The van der Waals surface area contributed by atoms with Crippen LogP contribution in [0, 0.1) is 5.92 Å². The number of hydrogen-bond acceptors (Lipinski definition) is 6. The highest BCUT2D eigenvalue weighted by Crippen LogP contribution is 2.41. The van der Waals surface area contributed by atoms with Gasteiger partial charge in [-0.15, -0.1) is 0 Å². The number of sulfonamides is 1. The van der Waals surface area contributed by atoms with Gasteiger partial charge in [-0.3, -0.25) is 9.59 Å². The summed E-state index contributed by atoms with van der Waals surface area (Å²) in [4.78, 5) is 33.1. The van der Waals surface area contributed by atoms with Crippen molar-refractivity contribution in [1.82, 2.24) is 14.7 Å². The molecule has 0 bridgehead atoms. The summed E-state index contributed by atoms with van der Waals surface area (Å²) in [6.45, 7) is 6.31. The highest BCUT2D eigenvalue weighted by molar-refractivity contribution is 7.90. The number of hydrogen-bond donors (Lipinski definition) is 2. The molecule has 12 heteroatoms. The predicted molar refractivity (Wildman–Crippen MR) is 132 cm³/mol. The van der Waals surface area contributed by atoms with Crippen molar-refractivity contribution < 1.29 is 26.4 Å². The summed E-state index contributed by atoms with van der Waals surface area (Å²) in [6, 6.07) is 9.82. The van der Waals surface area contributed by atoms with E-state index in [0.29, 0.717) is 6.54 Å². The van der Waals surface area contributed by atoms with Gasteiger partial charge >= 0.3 is 6.18 Å². The third-order valence-electron chi connectivity index (χ3n) is 6.87. The summed E-state index contributed by atoms with van der Waals surface area (Å²) in [5, 5.41) is 0. The molecule has 37 heavy (non-hydrogen) atoms. The Hall–Kier alpha value is -3.67. The van der Waals surface area contributed by atoms with Gasteiger partial charge in [-0.1, -0.05) is 25.1 Å². The van der Waals surface area contributed by atoms with Crippen LogP contribution in [0.25, 0.3) is 11.3 Å². The van der Waals surface area contributed by atoms with Gasteiger partial charge in [0.05, 0.1) is 16.8 Å². The minimum Gasteiger partial charge on any atom is -0.351 e. The zero-order valence-corrected chi connectivity index (χ0v) is 21.1. The molecule has 1 saturated heterocycles. The smallest absolute Gasteiger partial charge is 0.351 e. The van der Waals surface area contributed by atoms with Gasteiger partial charge in [-0.05, 0) is 56.5 Å². The molecule has 1 aliphatic heterocycles. The molecule has 3 heterocycles. The molecule has 8 nitrogen and oxygen atoms in total. The second-order valence-corrected chi connectivity index (χ2v) is 11.1. The Morgan fingerprint density at radius 3 is 2.46 bits per heavy atom. The van der Waals surface area contributed by atoms with Crippen LogP contribution in [0.5, 0.6) is 0 Å². The number of benzene rings is 1. The third kappa shape index (κ3) is 4.97. The Bertz CT molecular complexity index is 1520. The van der Waals surface area contributed by atoms with Gasteiger partial charge in [-0.2, -0.15) is 13.2 Å². The van der Waals surface area contributed by atoms with Gasteiger partial charge in [0.1, 0.15) is 5.82 Å². The standard InChI is InChI=1S/C25H25F3N4O4S/c1-15-12-14-32(24(15,2)3)21-17(22(33)31-37(35,36)20-9-6-13-29-23(20)34)10-11-19(30-21)16-7-4-5-8-18(16)25(26,27)28/h4-11,13,15H,12,14H2,1-3H3,(H,29,34)(H,31,33). The van der Waals surface area contributed by atoms with Crippen molar-refractivity contribution in [2.24, 2.45) is 5.92 Å². The Morgan fingerprint density at radius 2 is 1.84 bits per heavy atom. The quantitative estimate of drug-likeness (QED) is 0.508. The van der Waals surface area contributed by atoms with Crippen LogP contribution in [0.3, 0.4) is 0 Å². The molecule has 1 aromatic carbocycles. The molecule has 1 amide bonds. The van der Waals surface area contributed by atoms with Gasteiger partial charge in [0.15, 0.2) is 4.90 Å². The third-order valence-corrected chi connectivity index (χ3v) is 8.22. The fraction of sp³-hybridized carbons (Fsp3) is 0.320. The lowest BCUT2D eigenvalue weighted by Crippen LogP contribution is -2.44. The molecule has 2 N–H and O–H groups in total. The molecule has 196 valence electrons. The van der Waals surface area contributed by atoms with Crippen LogP contribution in [0.1, 0.15) is 43.1 Å². The van der Waals surface area contributed by atoms with Crippen LogP contribution in [0.15, 0.2) is 64.4 Å². The number of carbonyl (C=O) groups excluding carboxylic acids is 1. The lowest BCUT2D eigenvalue weighted by atomic mass is 9.90. The minimum absolute atomic E-state index is 0.0165. The SMILES string of the molecule is CC1CCN(c2nc(-c3ccccc3C(F)(F)F)ccc2C(=O)NS(=O)(=O)c2ccc[nH]c2=O)C1(C)C. The number of carbonyl (C=O) groups is 1. The van der Waals surface area contributed by atoms with Crippen LogP contribution in [-0.4, -0.2) is 36.4 Å². The first kappa shape index (κ1) is 26.4. The van der Waals surface area contributed by atoms with Gasteiger partial charge < -0.3 is 9.88 Å². The second-order valence-electron chi connectivity index (χ2n) is 9.40. The number of aromatic nitrogens is 2. The summed E-state index contributed by atoms with van der Waals surface area (Å²) in [7, 11) is -4.54. The number of aromatic amines is 1. The number of halogens is 3. The number of anilines is 1. The summed E-state index contributed by atoms with van der Waals surface area (Å²) in [6.07, 6.45) is -2.65. The molecule has 0 saturated carbocycles. The molecule has 1 aliphatic rings. The number of rotatable bonds is 5. The maximum absolute atomic E-state index is 13.7. The molecule has 1 unspecified atom stereocenters. The molecule has 0 aliphatic carbocycles. The maximum atomic E-state index is 13.7. The highest BCUT2D eigenvalue weighted by Gasteiger charge is 2.41. The second kappa shape index (κ2) is 9.33. The van der Waals surface area contributed by atoms with E-state index in [2.05, 4.69) is 9.97 Å². The van der Waals surface area contributed by atoms with Gasteiger partial charge in [-0.25, -0.2) is 18.1 Å². The first-order valence-electron chi connectivity index (χ1n) is 11.4. The largest absolute Gasteiger partial charge is 0.417 e. The van der Waals surface area contributed by atoms with Crippen LogP contribution in [-0.2, 0) is 16.2 Å². The van der Waals surface area contributed by atoms with E-state index in [4.69, 9.17) is 0 Å². The number of alkyl halides is 3. The van der Waals surface area contributed by atoms with Crippen molar-refractivity contribution >= 4 is 21.7 Å². The Morgan fingerprint density at radius 1 is 1.14 bits per heavy atom. The number of pyridine rings is 2. The number of amides is 1. The molecule has 0 radical (unpaired) electrons. The fourth-order valence-corrected chi connectivity index (χ4v) is 5.42. The van der Waals surface area contributed by atoms with Crippen LogP contribution < -0.4 is 15.2 Å². The van der Waals surface area contributed by atoms with Crippen molar-refractivity contribution in [3.63, 3.8) is 0 Å². The van der Waals surface area contributed by atoms with Crippen molar-refractivity contribution in [2.45, 2.75) is 43.8 Å². The van der Waals surface area contributed by atoms with E-state index in [9.17, 15) is 31.2 Å². The minimum atomic E-state index is -4.63. The summed E-state index contributed by atoms with van der Waals surface area (Å²) < 4.78 is 68.6. The lowest BCUT2D eigenvalue weighted by molar-refractivity contribution is -0.137. The first-order valence-corrected chi connectivity index (χ1v) is 12.9. The zero-order valence-electron chi connectivity index (χ0n) is 20.3. The average Bonchev–Trinajstić information content (AvgIpc) is 3.10. The molecular formula is C25H25F3N4O4S. The number of nitrogens with zero attached hydrogens (tertiary/aromatic N) is 2. The average molecular weight is 535 g/mol. The van der Waals surface area contributed by atoms with E-state index in [1.165, 1.54) is 42.6 Å². The topological polar surface area (TPSA) is 112 Å². The van der Waals surface area contributed by atoms with Crippen molar-refractivity contribution in [1.29, 1.82) is 0 Å². The monoisotopic (exact) mass is 534 g/mol. The summed E-state index contributed by atoms with van der Waals surface area (Å²) >= 11 is 0. The van der Waals surface area contributed by atoms with Crippen LogP contribution in [0.4, 0.5) is 19.0 Å². The highest BCUT2D eigenvalue weighted by atomic mass is 32.2. The molecule has 4 rings (SSSR count). The van der Waals surface area contributed by atoms with Crippen molar-refractivity contribution in [2.75, 3.05) is 11.4 Å². The van der Waals surface area contributed by atoms with E-state index >= 15 is 0 Å². The number of nitrogens with one attached hydrogen (secondary N) is 2. The van der Waals surface area contributed by atoms with Crippen LogP contribution >= 0.6 is 0 Å². The van der Waals surface area contributed by atoms with Gasteiger partial charge in [0.2, 0.25) is 0 Å². The van der Waals surface area contributed by atoms with Crippen molar-refractivity contribution in [3.8, 4) is 11.3 Å².